The third kappa shape index (κ3) is 4.21. The van der Waals surface area contributed by atoms with Crippen molar-refractivity contribution in [2.45, 2.75) is 38.0 Å². The van der Waals surface area contributed by atoms with Crippen LogP contribution in [0.2, 0.25) is 0 Å². The number of carbonyl (C=O) groups is 2. The zero-order valence-electron chi connectivity index (χ0n) is 17.1. The summed E-state index contributed by atoms with van der Waals surface area (Å²) in [6.45, 7) is 1.60. The minimum Gasteiger partial charge on any atom is -0.496 e. The maximum atomic E-state index is 13.6. The van der Waals surface area contributed by atoms with Gasteiger partial charge in [0.1, 0.15) is 11.5 Å². The topological polar surface area (TPSA) is 76.1 Å². The highest BCUT2D eigenvalue weighted by molar-refractivity contribution is 6.01. The van der Waals surface area contributed by atoms with Crippen molar-refractivity contribution in [2.75, 3.05) is 25.7 Å². The molecule has 0 aliphatic heterocycles. The van der Waals surface area contributed by atoms with Crippen LogP contribution in [-0.4, -0.2) is 37.7 Å². The summed E-state index contributed by atoms with van der Waals surface area (Å²) < 4.78 is 10.7. The van der Waals surface area contributed by atoms with E-state index in [2.05, 4.69) is 0 Å². The molecule has 0 spiro atoms. The van der Waals surface area contributed by atoms with Crippen molar-refractivity contribution in [1.29, 1.82) is 0 Å². The Hall–Kier alpha value is -3.02. The Morgan fingerprint density at radius 2 is 1.76 bits per heavy atom. The van der Waals surface area contributed by atoms with E-state index in [4.69, 9.17) is 14.6 Å². The molecule has 0 bridgehead atoms. The number of aliphatic carboxylic acids is 1. The van der Waals surface area contributed by atoms with Crippen LogP contribution in [0.5, 0.6) is 11.5 Å². The predicted octanol–water partition coefficient (Wildman–Crippen LogP) is 3.94. The molecule has 6 heteroatoms. The molecule has 0 unspecified atom stereocenters. The van der Waals surface area contributed by atoms with E-state index < -0.39 is 18.0 Å². The van der Waals surface area contributed by atoms with Gasteiger partial charge >= 0.3 is 5.97 Å². The predicted molar refractivity (Wildman–Crippen MR) is 111 cm³/mol. The number of carboxylic acid groups (broad SMARTS) is 1. The maximum Gasteiger partial charge on any atom is 0.341 e. The number of anilines is 1. The summed E-state index contributed by atoms with van der Waals surface area (Å²) in [5.74, 6) is 0.276. The Kier molecular flexibility index (Phi) is 6.11. The summed E-state index contributed by atoms with van der Waals surface area (Å²) in [4.78, 5) is 25.9. The highest BCUT2D eigenvalue weighted by atomic mass is 16.5. The molecule has 1 fully saturated rings. The van der Waals surface area contributed by atoms with Crippen LogP contribution in [0.3, 0.4) is 0 Å². The molecule has 0 radical (unpaired) electrons. The van der Waals surface area contributed by atoms with E-state index in [1.807, 2.05) is 25.1 Å². The van der Waals surface area contributed by atoms with E-state index in [0.29, 0.717) is 5.75 Å². The molecule has 1 aliphatic rings. The minimum absolute atomic E-state index is 0.0557. The Balaban J connectivity index is 1.86. The molecule has 0 saturated heterocycles. The van der Waals surface area contributed by atoms with Crippen LogP contribution < -0.4 is 14.4 Å². The third-order valence-corrected chi connectivity index (χ3v) is 5.72. The zero-order chi connectivity index (χ0) is 21.0. The lowest BCUT2D eigenvalue weighted by Crippen LogP contribution is -2.43. The largest absolute Gasteiger partial charge is 0.496 e. The molecule has 1 N–H and O–H groups in total. The first-order valence-electron chi connectivity index (χ1n) is 9.75. The van der Waals surface area contributed by atoms with Gasteiger partial charge < -0.3 is 19.5 Å². The number of amides is 1. The summed E-state index contributed by atoms with van der Waals surface area (Å²) in [6.07, 6.45) is 3.64. The van der Waals surface area contributed by atoms with Gasteiger partial charge in [-0.3, -0.25) is 4.79 Å². The second-order valence-electron chi connectivity index (χ2n) is 7.51. The van der Waals surface area contributed by atoms with Crippen LogP contribution in [0.25, 0.3) is 0 Å². The summed E-state index contributed by atoms with van der Waals surface area (Å²) in [5.41, 5.74) is 2.22. The number of hydrogen-bond acceptors (Lipinski definition) is 4. The van der Waals surface area contributed by atoms with Crippen molar-refractivity contribution in [1.82, 2.24) is 0 Å². The van der Waals surface area contributed by atoms with Gasteiger partial charge in [0.05, 0.1) is 12.5 Å². The minimum atomic E-state index is -1.03. The molecule has 2 aromatic carbocycles. The van der Waals surface area contributed by atoms with E-state index in [1.165, 1.54) is 0 Å². The number of ether oxygens (including phenoxy) is 2. The number of benzene rings is 2. The van der Waals surface area contributed by atoms with Gasteiger partial charge in [0.15, 0.2) is 6.61 Å². The van der Waals surface area contributed by atoms with E-state index >= 15 is 0 Å². The fourth-order valence-electron chi connectivity index (χ4n) is 4.07. The SMILES string of the molecule is COc1cc(C2(C(=O)N(C)c3ccc(OCC(=O)O)cc3)CCCC2)ccc1C. The van der Waals surface area contributed by atoms with Crippen molar-refractivity contribution in [3.63, 3.8) is 0 Å². The van der Waals surface area contributed by atoms with Crippen molar-refractivity contribution in [3.8, 4) is 11.5 Å². The molecule has 6 nitrogen and oxygen atoms in total. The number of hydrogen-bond donors (Lipinski definition) is 1. The zero-order valence-corrected chi connectivity index (χ0v) is 17.1. The highest BCUT2D eigenvalue weighted by Gasteiger charge is 2.44. The van der Waals surface area contributed by atoms with Crippen molar-refractivity contribution in [2.24, 2.45) is 0 Å². The molecule has 1 saturated carbocycles. The number of aryl methyl sites for hydroxylation is 1. The van der Waals surface area contributed by atoms with Crippen molar-refractivity contribution in [3.05, 3.63) is 53.6 Å². The second kappa shape index (κ2) is 8.55. The van der Waals surface area contributed by atoms with Crippen LogP contribution in [0.4, 0.5) is 5.69 Å². The monoisotopic (exact) mass is 397 g/mol. The summed E-state index contributed by atoms with van der Waals surface area (Å²) >= 11 is 0. The van der Waals surface area contributed by atoms with Crippen LogP contribution >= 0.6 is 0 Å². The number of likely N-dealkylation sites (N-methyl/N-ethyl adjacent to an activating group) is 1. The number of rotatable bonds is 7. The van der Waals surface area contributed by atoms with Gasteiger partial charge in [0, 0.05) is 12.7 Å². The first-order valence-corrected chi connectivity index (χ1v) is 9.75. The van der Waals surface area contributed by atoms with Crippen LogP contribution in [0.15, 0.2) is 42.5 Å². The third-order valence-electron chi connectivity index (χ3n) is 5.72. The average Bonchev–Trinajstić information content (AvgIpc) is 3.23. The lowest BCUT2D eigenvalue weighted by atomic mass is 9.77. The molecule has 3 rings (SSSR count). The van der Waals surface area contributed by atoms with Gasteiger partial charge in [-0.2, -0.15) is 0 Å². The number of methoxy groups -OCH3 is 1. The van der Waals surface area contributed by atoms with Gasteiger partial charge in [-0.05, 0) is 61.2 Å². The van der Waals surface area contributed by atoms with E-state index in [1.54, 1.807) is 43.3 Å². The Morgan fingerprint density at radius 3 is 2.34 bits per heavy atom. The van der Waals surface area contributed by atoms with E-state index in [9.17, 15) is 9.59 Å². The number of nitrogens with zero attached hydrogens (tertiary/aromatic N) is 1. The molecular formula is C23H27NO5. The lowest BCUT2D eigenvalue weighted by Gasteiger charge is -2.33. The second-order valence-corrected chi connectivity index (χ2v) is 7.51. The summed E-state index contributed by atoms with van der Waals surface area (Å²) in [7, 11) is 3.43. The lowest BCUT2D eigenvalue weighted by molar-refractivity contribution is -0.139. The Bertz CT molecular complexity index is 885. The van der Waals surface area contributed by atoms with Crippen LogP contribution in [0, 0.1) is 6.92 Å². The van der Waals surface area contributed by atoms with E-state index in [-0.39, 0.29) is 5.91 Å². The van der Waals surface area contributed by atoms with Crippen LogP contribution in [-0.2, 0) is 15.0 Å². The molecular weight excluding hydrogens is 370 g/mol. The van der Waals surface area contributed by atoms with Gasteiger partial charge in [0.2, 0.25) is 5.91 Å². The van der Waals surface area contributed by atoms with Gasteiger partial charge in [-0.15, -0.1) is 0 Å². The summed E-state index contributed by atoms with van der Waals surface area (Å²) in [6, 6.07) is 12.9. The highest BCUT2D eigenvalue weighted by Crippen LogP contribution is 2.44. The fraction of sp³-hybridized carbons (Fsp3) is 0.391. The van der Waals surface area contributed by atoms with Crippen molar-refractivity contribution < 1.29 is 24.2 Å². The molecule has 0 aromatic heterocycles. The molecule has 2 aromatic rings. The standard InChI is InChI=1S/C23H27NO5/c1-16-6-7-17(14-20(16)28-3)23(12-4-5-13-23)22(27)24(2)18-8-10-19(11-9-18)29-15-21(25)26/h6-11,14H,4-5,12-13,15H2,1-3H3,(H,25,26). The average molecular weight is 397 g/mol. The fourth-order valence-corrected chi connectivity index (χ4v) is 4.07. The molecule has 154 valence electrons. The number of carboxylic acids is 1. The summed E-state index contributed by atoms with van der Waals surface area (Å²) in [5, 5.41) is 8.72. The molecule has 29 heavy (non-hydrogen) atoms. The molecule has 0 atom stereocenters. The molecule has 1 amide bonds. The van der Waals surface area contributed by atoms with Gasteiger partial charge in [0.25, 0.3) is 0 Å². The number of carbonyl (C=O) groups excluding carboxylic acids is 1. The first kappa shape index (κ1) is 20.7. The van der Waals surface area contributed by atoms with Gasteiger partial charge in [-0.25, -0.2) is 4.79 Å². The van der Waals surface area contributed by atoms with Crippen LogP contribution in [0.1, 0.15) is 36.8 Å². The first-order chi connectivity index (χ1) is 13.9. The quantitative estimate of drug-likeness (QED) is 0.766. The Morgan fingerprint density at radius 1 is 1.10 bits per heavy atom. The smallest absolute Gasteiger partial charge is 0.341 e. The Labute approximate surface area is 171 Å². The van der Waals surface area contributed by atoms with Gasteiger partial charge in [-0.1, -0.05) is 25.0 Å². The normalized spacial score (nSPS) is 15.0. The molecule has 0 heterocycles. The van der Waals surface area contributed by atoms with E-state index in [0.717, 1.165) is 48.2 Å². The molecule has 1 aliphatic carbocycles. The van der Waals surface area contributed by atoms with Crippen molar-refractivity contribution >= 4 is 17.6 Å². The maximum absolute atomic E-state index is 13.6.